The molecule has 4 aliphatic carbocycles. The van der Waals surface area contributed by atoms with Crippen LogP contribution in [0.15, 0.2) is 11.6 Å². The zero-order valence-corrected chi connectivity index (χ0v) is 37.4. The van der Waals surface area contributed by atoms with Crippen LogP contribution in [0.4, 0.5) is 0 Å². The maximum Gasteiger partial charge on any atom is 0.187 e. The van der Waals surface area contributed by atoms with Crippen molar-refractivity contribution in [2.75, 3.05) is 19.8 Å². The van der Waals surface area contributed by atoms with Crippen LogP contribution in [0.1, 0.15) is 86.0 Å². The van der Waals surface area contributed by atoms with E-state index in [9.17, 15) is 61.3 Å². The lowest BCUT2D eigenvalue weighted by Gasteiger charge is -2.60. The third-order valence-corrected chi connectivity index (χ3v) is 17.5. The molecule has 0 aromatic carbocycles. The minimum atomic E-state index is -1.68. The van der Waals surface area contributed by atoms with Crippen LogP contribution in [0.3, 0.4) is 0 Å². The summed E-state index contributed by atoms with van der Waals surface area (Å²) in [5.41, 5.74) is 0.502. The standard InChI is InChI=1S/C45H74O19/c1-18(17-58-42-39(36(54)33(51)28(16-47)62-42)63-40-37(55)34(52)31(49)20(3)59-40)8-11-45(57)19(2)30-26(64-45)14-25-23-7-6-21-12-22(60-41-38(56)35(53)32(50)27(15-46)61-41)13-29(48)44(21,5)24(23)9-10-43(25,30)4/h6,18-20,22-42,46-57H,7-17H2,1-5H3/t18-,19+,20+,22-,23-,24+,25+,26+,27-,28-,29-,30+,31+,32-,33-,34-,35+,36+,37-,38-,39-,40+,41-,42-,43+,44+,45+/m1/s1. The van der Waals surface area contributed by atoms with Crippen molar-refractivity contribution in [2.24, 2.45) is 46.3 Å². The van der Waals surface area contributed by atoms with Crippen molar-refractivity contribution in [3.8, 4) is 0 Å². The average Bonchev–Trinajstić information content (AvgIpc) is 3.70. The van der Waals surface area contributed by atoms with E-state index >= 15 is 0 Å². The van der Waals surface area contributed by atoms with Crippen molar-refractivity contribution in [1.82, 2.24) is 0 Å². The molecule has 0 unspecified atom stereocenters. The third-order valence-electron chi connectivity index (χ3n) is 17.5. The molecule has 368 valence electrons. The van der Waals surface area contributed by atoms with Gasteiger partial charge in [-0.2, -0.15) is 0 Å². The predicted octanol–water partition coefficient (Wildman–Crippen LogP) is -1.86. The first kappa shape index (κ1) is 49.4. The summed E-state index contributed by atoms with van der Waals surface area (Å²) in [5.74, 6) is -0.807. The highest BCUT2D eigenvalue weighted by atomic mass is 16.8. The zero-order valence-electron chi connectivity index (χ0n) is 37.4. The topological polar surface area (TPSA) is 307 Å². The van der Waals surface area contributed by atoms with Gasteiger partial charge in [0.05, 0.1) is 44.2 Å². The van der Waals surface area contributed by atoms with Gasteiger partial charge in [-0.05, 0) is 80.5 Å². The normalized spacial score (nSPS) is 55.5. The lowest BCUT2D eigenvalue weighted by molar-refractivity contribution is -0.365. The Morgan fingerprint density at radius 3 is 2.05 bits per heavy atom. The Balaban J connectivity index is 0.875. The maximum absolute atomic E-state index is 12.2. The minimum absolute atomic E-state index is 0.0677. The molecule has 0 radical (unpaired) electrons. The number of hydrogen-bond acceptors (Lipinski definition) is 19. The molecule has 4 saturated heterocycles. The van der Waals surface area contributed by atoms with Crippen LogP contribution in [0.25, 0.3) is 0 Å². The fourth-order valence-corrected chi connectivity index (χ4v) is 13.5. The number of rotatable bonds is 12. The van der Waals surface area contributed by atoms with Crippen LogP contribution in [0.5, 0.6) is 0 Å². The van der Waals surface area contributed by atoms with Gasteiger partial charge in [0.1, 0.15) is 67.1 Å². The highest BCUT2D eigenvalue weighted by molar-refractivity contribution is 5.28. The summed E-state index contributed by atoms with van der Waals surface area (Å²) >= 11 is 0. The first-order valence-corrected chi connectivity index (χ1v) is 23.5. The summed E-state index contributed by atoms with van der Waals surface area (Å²) in [6, 6.07) is 0. The number of fused-ring (bicyclic) bond motifs is 7. The molecule has 0 aromatic rings. The van der Waals surface area contributed by atoms with Crippen molar-refractivity contribution < 1.29 is 94.4 Å². The van der Waals surface area contributed by atoms with Crippen molar-refractivity contribution >= 4 is 0 Å². The molecule has 3 saturated carbocycles. The second kappa shape index (κ2) is 18.7. The van der Waals surface area contributed by atoms with Crippen LogP contribution in [-0.2, 0) is 33.2 Å². The van der Waals surface area contributed by atoms with Crippen LogP contribution >= 0.6 is 0 Å². The summed E-state index contributed by atoms with van der Waals surface area (Å²) < 4.78 is 41.7. The van der Waals surface area contributed by atoms with E-state index in [1.807, 2.05) is 6.92 Å². The minimum Gasteiger partial charge on any atom is -0.394 e. The van der Waals surface area contributed by atoms with Gasteiger partial charge in [0.2, 0.25) is 0 Å². The first-order valence-electron chi connectivity index (χ1n) is 23.5. The largest absolute Gasteiger partial charge is 0.394 e. The Morgan fingerprint density at radius 2 is 1.38 bits per heavy atom. The molecule has 27 atom stereocenters. The predicted molar refractivity (Wildman–Crippen MR) is 219 cm³/mol. The fraction of sp³-hybridized carbons (Fsp3) is 0.956. The Morgan fingerprint density at radius 1 is 0.750 bits per heavy atom. The van der Waals surface area contributed by atoms with Gasteiger partial charge >= 0.3 is 0 Å². The van der Waals surface area contributed by atoms with Gasteiger partial charge in [-0.3, -0.25) is 0 Å². The molecule has 0 spiro atoms. The summed E-state index contributed by atoms with van der Waals surface area (Å²) in [7, 11) is 0. The first-order chi connectivity index (χ1) is 30.2. The third kappa shape index (κ3) is 8.36. The monoisotopic (exact) mass is 918 g/mol. The van der Waals surface area contributed by atoms with Crippen LogP contribution in [-0.4, -0.2) is 197 Å². The van der Waals surface area contributed by atoms with Crippen LogP contribution < -0.4 is 0 Å². The molecule has 19 nitrogen and oxygen atoms in total. The summed E-state index contributed by atoms with van der Waals surface area (Å²) in [6.07, 6.45) is -15.2. The van der Waals surface area contributed by atoms with Gasteiger partial charge in [0.25, 0.3) is 0 Å². The average molecular weight is 919 g/mol. The number of hydrogen-bond donors (Lipinski definition) is 12. The van der Waals surface area contributed by atoms with Gasteiger partial charge in [-0.1, -0.05) is 39.3 Å². The number of allylic oxidation sites excluding steroid dienone is 1. The molecule has 4 heterocycles. The Hall–Kier alpha value is -1.02. The quantitative estimate of drug-likeness (QED) is 0.0956. The smallest absolute Gasteiger partial charge is 0.187 e. The van der Waals surface area contributed by atoms with Gasteiger partial charge in [-0.25, -0.2) is 0 Å². The molecule has 12 N–H and O–H groups in total. The van der Waals surface area contributed by atoms with Crippen molar-refractivity contribution in [3.63, 3.8) is 0 Å². The number of ether oxygens (including phenoxy) is 7. The van der Waals surface area contributed by atoms with Crippen LogP contribution in [0.2, 0.25) is 0 Å². The number of aliphatic hydroxyl groups is 12. The maximum atomic E-state index is 12.2. The van der Waals surface area contributed by atoms with E-state index in [0.717, 1.165) is 31.3 Å². The molecule has 64 heavy (non-hydrogen) atoms. The molecule has 0 bridgehead atoms. The van der Waals surface area contributed by atoms with Gasteiger partial charge < -0.3 is 94.4 Å². The second-order valence-corrected chi connectivity index (χ2v) is 21.1. The second-order valence-electron chi connectivity index (χ2n) is 21.1. The Bertz CT molecular complexity index is 1640. The summed E-state index contributed by atoms with van der Waals surface area (Å²) in [5, 5.41) is 127. The molecular formula is C45H74O19. The Labute approximate surface area is 373 Å². The van der Waals surface area contributed by atoms with E-state index in [1.54, 1.807) is 0 Å². The zero-order chi connectivity index (χ0) is 46.4. The van der Waals surface area contributed by atoms with E-state index in [0.29, 0.717) is 37.5 Å². The molecule has 4 aliphatic heterocycles. The number of aliphatic hydroxyl groups excluding tert-OH is 11. The van der Waals surface area contributed by atoms with E-state index in [2.05, 4.69) is 26.8 Å². The molecule has 0 aromatic heterocycles. The Kier molecular flexibility index (Phi) is 14.4. The van der Waals surface area contributed by atoms with Crippen molar-refractivity contribution in [3.05, 3.63) is 11.6 Å². The lowest BCUT2D eigenvalue weighted by atomic mass is 9.46. The van der Waals surface area contributed by atoms with E-state index in [4.69, 9.17) is 33.2 Å². The molecule has 19 heteroatoms. The van der Waals surface area contributed by atoms with Crippen molar-refractivity contribution in [1.29, 1.82) is 0 Å². The molecule has 8 rings (SSSR count). The van der Waals surface area contributed by atoms with Gasteiger partial charge in [0.15, 0.2) is 24.7 Å². The summed E-state index contributed by atoms with van der Waals surface area (Å²) in [6.45, 7) is 8.88. The lowest BCUT2D eigenvalue weighted by Crippen LogP contribution is -2.64. The van der Waals surface area contributed by atoms with Gasteiger partial charge in [-0.15, -0.1) is 0 Å². The summed E-state index contributed by atoms with van der Waals surface area (Å²) in [4.78, 5) is 0. The molecule has 7 fully saturated rings. The molecule has 8 aliphatic rings. The van der Waals surface area contributed by atoms with E-state index in [1.165, 1.54) is 6.92 Å². The fourth-order valence-electron chi connectivity index (χ4n) is 13.5. The molecule has 0 amide bonds. The highest BCUT2D eigenvalue weighted by Crippen LogP contribution is 2.70. The van der Waals surface area contributed by atoms with E-state index in [-0.39, 0.29) is 41.8 Å². The SMILES string of the molecule is C[C@H](CC[C@]1(O)O[C@H]2C[C@H]3[C@@H]4CC=C5C[C@@H](O[C@@H]6O[C@H](CO)[C@@H](O)[C@H](O)[C@H]6O)C[C@@H](O)[C@]5(C)[C@H]4CC[C@]3(C)[C@H]2[C@@H]1C)CO[C@@H]1O[C@H](CO)[C@@H](O)[C@H](O)[C@H]1O[C@@H]1O[C@@H](C)[C@H](O)[C@@H](O)[C@H]1O. The van der Waals surface area contributed by atoms with Gasteiger partial charge in [0, 0.05) is 24.2 Å². The van der Waals surface area contributed by atoms with Crippen molar-refractivity contribution in [2.45, 2.75) is 202 Å². The molecular weight excluding hydrogens is 844 g/mol. The highest BCUT2D eigenvalue weighted by Gasteiger charge is 2.68. The van der Waals surface area contributed by atoms with Crippen LogP contribution in [0, 0.1) is 46.3 Å². The van der Waals surface area contributed by atoms with E-state index < -0.39 is 129 Å².